The van der Waals surface area contributed by atoms with Crippen LogP contribution in [0.1, 0.15) is 0 Å². The minimum Gasteiger partial charge on any atom is -0.468 e. The van der Waals surface area contributed by atoms with Gasteiger partial charge in [0, 0.05) is 0 Å². The summed E-state index contributed by atoms with van der Waals surface area (Å²) in [5, 5.41) is 0. The van der Waals surface area contributed by atoms with Crippen molar-refractivity contribution in [3.63, 3.8) is 0 Å². The maximum absolute atomic E-state index is 10.4. The quantitative estimate of drug-likeness (QED) is 0.468. The minimum absolute atomic E-state index is 0. The van der Waals surface area contributed by atoms with Crippen molar-refractivity contribution in [2.45, 2.75) is 6.04 Å². The summed E-state index contributed by atoms with van der Waals surface area (Å²) in [7, 11) is 1.25. The van der Waals surface area contributed by atoms with Crippen LogP contribution >= 0.6 is 24.8 Å². The smallest absolute Gasteiger partial charge is 0.325 e. The molecule has 1 unspecified atom stereocenters. The average Bonchev–Trinajstić information content (AvgIpc) is 1.87. The lowest BCUT2D eigenvalue weighted by atomic mass is 10.3. The number of rotatable bonds is 3. The highest BCUT2D eigenvalue weighted by molar-refractivity contribution is 5.85. The fourth-order valence-corrected chi connectivity index (χ4v) is 0.323. The molecule has 5 nitrogen and oxygen atoms in total. The minimum atomic E-state index is -0.778. The zero-order valence-electron chi connectivity index (χ0n) is 5.98. The molecule has 0 aliphatic carbocycles. The predicted molar refractivity (Wildman–Crippen MR) is 44.6 cm³/mol. The Morgan fingerprint density at radius 1 is 1.55 bits per heavy atom. The molecule has 0 rings (SSSR count). The highest BCUT2D eigenvalue weighted by Crippen LogP contribution is 1.81. The molecule has 0 heterocycles. The first-order valence-corrected chi connectivity index (χ1v) is 2.37. The lowest BCUT2D eigenvalue weighted by Crippen LogP contribution is -2.36. The third-order valence-corrected chi connectivity index (χ3v) is 0.780. The van der Waals surface area contributed by atoms with Crippen LogP contribution in [0, 0.1) is 0 Å². The summed E-state index contributed by atoms with van der Waals surface area (Å²) in [5.74, 6) is 4.11. The summed E-state index contributed by atoms with van der Waals surface area (Å²) in [6, 6.07) is -0.778. The Bertz CT molecular complexity index is 103. The van der Waals surface area contributed by atoms with Crippen LogP contribution in [0.15, 0.2) is 0 Å². The summed E-state index contributed by atoms with van der Waals surface area (Å²) in [4.78, 5) is 14.5. The van der Waals surface area contributed by atoms with Crippen LogP contribution in [-0.2, 0) is 14.4 Å². The largest absolute Gasteiger partial charge is 0.468 e. The van der Waals surface area contributed by atoms with E-state index in [0.717, 1.165) is 0 Å². The van der Waals surface area contributed by atoms with Gasteiger partial charge in [-0.15, -0.1) is 24.8 Å². The number of nitrogens with two attached hydrogens (primary N) is 2. The summed E-state index contributed by atoms with van der Waals surface area (Å²) >= 11 is 0. The van der Waals surface area contributed by atoms with Gasteiger partial charge < -0.3 is 15.3 Å². The third kappa shape index (κ3) is 7.83. The van der Waals surface area contributed by atoms with E-state index in [4.69, 9.17) is 5.73 Å². The van der Waals surface area contributed by atoms with Crippen molar-refractivity contribution in [1.29, 1.82) is 0 Å². The molecular weight excluding hydrogens is 195 g/mol. The van der Waals surface area contributed by atoms with Crippen LogP contribution in [-0.4, -0.2) is 25.7 Å². The number of carbonyl (C=O) groups excluding carboxylic acids is 1. The predicted octanol–water partition coefficient (Wildman–Crippen LogP) is -0.779. The third-order valence-electron chi connectivity index (χ3n) is 0.780. The van der Waals surface area contributed by atoms with Gasteiger partial charge in [-0.25, -0.2) is 5.90 Å². The van der Waals surface area contributed by atoms with Gasteiger partial charge in [0.15, 0.2) is 0 Å². The van der Waals surface area contributed by atoms with Crippen molar-refractivity contribution in [3.05, 3.63) is 0 Å². The molecule has 0 aliphatic rings. The van der Waals surface area contributed by atoms with Gasteiger partial charge in [0.2, 0.25) is 0 Å². The molecule has 0 bridgehead atoms. The summed E-state index contributed by atoms with van der Waals surface area (Å²) < 4.78 is 4.27. The highest BCUT2D eigenvalue weighted by atomic mass is 35.5. The zero-order chi connectivity index (χ0) is 7.28. The molecule has 0 aliphatic heterocycles. The molecule has 1 atom stereocenters. The Kier molecular flexibility index (Phi) is 15.5. The average molecular weight is 207 g/mol. The van der Waals surface area contributed by atoms with E-state index in [2.05, 4.69) is 15.5 Å². The number of methoxy groups -OCH3 is 1. The van der Waals surface area contributed by atoms with Gasteiger partial charge >= 0.3 is 5.97 Å². The number of esters is 1. The Morgan fingerprint density at radius 3 is 2.27 bits per heavy atom. The first-order chi connectivity index (χ1) is 4.22. The second-order valence-corrected chi connectivity index (χ2v) is 1.46. The van der Waals surface area contributed by atoms with Crippen LogP contribution < -0.4 is 11.6 Å². The van der Waals surface area contributed by atoms with E-state index in [1.165, 1.54) is 7.11 Å². The molecular formula is C4H12Cl2N2O3. The Hall–Kier alpha value is -0.0700. The molecule has 0 radical (unpaired) electrons. The zero-order valence-corrected chi connectivity index (χ0v) is 7.61. The maximum atomic E-state index is 10.4. The van der Waals surface area contributed by atoms with Crippen molar-refractivity contribution >= 4 is 30.8 Å². The van der Waals surface area contributed by atoms with Gasteiger partial charge in [0.25, 0.3) is 0 Å². The Labute approximate surface area is 77.2 Å². The molecule has 7 heteroatoms. The van der Waals surface area contributed by atoms with E-state index >= 15 is 0 Å². The van der Waals surface area contributed by atoms with E-state index in [-0.39, 0.29) is 31.4 Å². The number of carbonyl (C=O) groups is 1. The number of ether oxygens (including phenoxy) is 1. The van der Waals surface area contributed by atoms with Crippen LogP contribution in [0.4, 0.5) is 0 Å². The standard InChI is InChI=1S/C4H10N2O3.2ClH/c1-8-4(7)3(5)2-9-6;;/h3H,2,5-6H2,1H3;2*1H. The van der Waals surface area contributed by atoms with Crippen molar-refractivity contribution < 1.29 is 14.4 Å². The van der Waals surface area contributed by atoms with Gasteiger partial charge in [0.1, 0.15) is 6.04 Å². The SMILES string of the molecule is COC(=O)C(N)CON.Cl.Cl. The van der Waals surface area contributed by atoms with Crippen LogP contribution in [0.5, 0.6) is 0 Å². The number of halogens is 2. The molecule has 0 fully saturated rings. The van der Waals surface area contributed by atoms with Gasteiger partial charge in [-0.2, -0.15) is 0 Å². The van der Waals surface area contributed by atoms with Crippen molar-refractivity contribution in [3.8, 4) is 0 Å². The van der Waals surface area contributed by atoms with Gasteiger partial charge in [-0.1, -0.05) is 0 Å². The summed E-state index contributed by atoms with van der Waals surface area (Å²) in [6.45, 7) is -0.0212. The van der Waals surface area contributed by atoms with Crippen LogP contribution in [0.25, 0.3) is 0 Å². The van der Waals surface area contributed by atoms with Gasteiger partial charge in [0.05, 0.1) is 13.7 Å². The highest BCUT2D eigenvalue weighted by Gasteiger charge is 2.12. The molecule has 0 aromatic heterocycles. The molecule has 0 spiro atoms. The Morgan fingerprint density at radius 2 is 2.00 bits per heavy atom. The lowest BCUT2D eigenvalue weighted by Gasteiger charge is -2.05. The molecule has 11 heavy (non-hydrogen) atoms. The second-order valence-electron chi connectivity index (χ2n) is 1.46. The summed E-state index contributed by atoms with van der Waals surface area (Å²) in [5.41, 5.74) is 5.16. The van der Waals surface area contributed by atoms with Crippen molar-refractivity contribution in [2.75, 3.05) is 13.7 Å². The van der Waals surface area contributed by atoms with E-state index < -0.39 is 12.0 Å². The molecule has 70 valence electrons. The Balaban J connectivity index is -0.000000320. The topological polar surface area (TPSA) is 87.6 Å². The van der Waals surface area contributed by atoms with E-state index in [0.29, 0.717) is 0 Å². The van der Waals surface area contributed by atoms with E-state index in [1.807, 2.05) is 0 Å². The lowest BCUT2D eigenvalue weighted by molar-refractivity contribution is -0.143. The fraction of sp³-hybridized carbons (Fsp3) is 0.750. The molecule has 0 aromatic rings. The van der Waals surface area contributed by atoms with Crippen molar-refractivity contribution in [1.82, 2.24) is 0 Å². The monoisotopic (exact) mass is 206 g/mol. The van der Waals surface area contributed by atoms with E-state index in [9.17, 15) is 4.79 Å². The van der Waals surface area contributed by atoms with Crippen molar-refractivity contribution in [2.24, 2.45) is 11.6 Å². The summed E-state index contributed by atoms with van der Waals surface area (Å²) in [6.07, 6.45) is 0. The van der Waals surface area contributed by atoms with E-state index in [1.54, 1.807) is 0 Å². The first-order valence-electron chi connectivity index (χ1n) is 2.37. The number of hydrogen-bond acceptors (Lipinski definition) is 5. The van der Waals surface area contributed by atoms with Gasteiger partial charge in [-0.05, 0) is 0 Å². The molecule has 0 saturated carbocycles. The fourth-order valence-electron chi connectivity index (χ4n) is 0.323. The molecule has 0 amide bonds. The molecule has 4 N–H and O–H groups in total. The van der Waals surface area contributed by atoms with Crippen LogP contribution in [0.3, 0.4) is 0 Å². The normalized spacial score (nSPS) is 10.5. The first kappa shape index (κ1) is 17.1. The molecule has 0 aromatic carbocycles. The molecule has 0 saturated heterocycles. The number of hydrogen-bond donors (Lipinski definition) is 2. The van der Waals surface area contributed by atoms with Gasteiger partial charge in [-0.3, -0.25) is 4.79 Å². The maximum Gasteiger partial charge on any atom is 0.325 e. The second kappa shape index (κ2) is 9.93. The van der Waals surface area contributed by atoms with Crippen LogP contribution in [0.2, 0.25) is 0 Å².